The normalized spacial score (nSPS) is 16.6. The van der Waals surface area contributed by atoms with Crippen LogP contribution in [-0.2, 0) is 14.3 Å². The zero-order valence-corrected chi connectivity index (χ0v) is 19.8. The van der Waals surface area contributed by atoms with Gasteiger partial charge in [-0.05, 0) is 49.2 Å². The molecule has 2 atom stereocenters. The number of ketones is 1. The molecule has 0 fully saturated rings. The molecule has 0 radical (unpaired) electrons. The predicted molar refractivity (Wildman–Crippen MR) is 137 cm³/mol. The van der Waals surface area contributed by atoms with Crippen molar-refractivity contribution >= 4 is 34.9 Å². The Kier molecular flexibility index (Phi) is 7.70. The molecule has 0 heterocycles. The van der Waals surface area contributed by atoms with Gasteiger partial charge in [-0.15, -0.1) is 0 Å². The van der Waals surface area contributed by atoms with Crippen molar-refractivity contribution in [3.05, 3.63) is 108 Å². The first kappa shape index (κ1) is 24.6. The number of hydrogen-bond donors (Lipinski definition) is 2. The summed E-state index contributed by atoms with van der Waals surface area (Å²) in [6, 6.07) is 22.1. The number of methoxy groups -OCH3 is 1. The molecule has 0 saturated heterocycles. The molecule has 36 heavy (non-hydrogen) atoms. The highest BCUT2D eigenvalue weighted by atomic mass is 16.5. The third-order valence-electron chi connectivity index (χ3n) is 6.15. The number of carbonyl (C=O) groups excluding carboxylic acids is 4. The minimum atomic E-state index is -0.607. The van der Waals surface area contributed by atoms with E-state index >= 15 is 0 Å². The van der Waals surface area contributed by atoms with Crippen LogP contribution in [0.3, 0.4) is 0 Å². The number of ether oxygens (including phenoxy) is 1. The number of allylic oxidation sites excluding steroid dienone is 2. The van der Waals surface area contributed by atoms with Gasteiger partial charge in [-0.25, -0.2) is 4.79 Å². The Hall–Kier alpha value is -4.52. The summed E-state index contributed by atoms with van der Waals surface area (Å²) in [5.74, 6) is -2.47. The molecule has 182 valence electrons. The molecule has 0 spiro atoms. The van der Waals surface area contributed by atoms with Crippen LogP contribution in [0.4, 0.5) is 11.4 Å². The number of rotatable bonds is 7. The van der Waals surface area contributed by atoms with Gasteiger partial charge in [0.25, 0.3) is 0 Å². The van der Waals surface area contributed by atoms with Crippen molar-refractivity contribution in [3.63, 3.8) is 0 Å². The third-order valence-corrected chi connectivity index (χ3v) is 6.15. The van der Waals surface area contributed by atoms with E-state index in [1.54, 1.807) is 72.8 Å². The monoisotopic (exact) mass is 482 g/mol. The topological polar surface area (TPSA) is 102 Å². The lowest BCUT2D eigenvalue weighted by Crippen LogP contribution is -2.37. The van der Waals surface area contributed by atoms with Crippen molar-refractivity contribution in [3.8, 4) is 0 Å². The van der Waals surface area contributed by atoms with Crippen molar-refractivity contribution in [1.29, 1.82) is 0 Å². The summed E-state index contributed by atoms with van der Waals surface area (Å²) in [5, 5.41) is 5.72. The summed E-state index contributed by atoms with van der Waals surface area (Å²) in [6.45, 7) is 0. The maximum absolute atomic E-state index is 13.3. The van der Waals surface area contributed by atoms with Crippen molar-refractivity contribution in [1.82, 2.24) is 0 Å². The van der Waals surface area contributed by atoms with Crippen LogP contribution in [-0.4, -0.2) is 30.7 Å². The molecule has 7 nitrogen and oxygen atoms in total. The minimum absolute atomic E-state index is 0.195. The van der Waals surface area contributed by atoms with E-state index in [0.717, 1.165) is 0 Å². The Morgan fingerprint density at radius 2 is 1.28 bits per heavy atom. The summed E-state index contributed by atoms with van der Waals surface area (Å²) in [6.07, 6.45) is 4.59. The number of hydrogen-bond acceptors (Lipinski definition) is 5. The first-order valence-electron chi connectivity index (χ1n) is 11.6. The van der Waals surface area contributed by atoms with Gasteiger partial charge in [0.1, 0.15) is 0 Å². The molecule has 0 aliphatic heterocycles. The molecule has 0 bridgehead atoms. The Bertz CT molecular complexity index is 1300. The molecular weight excluding hydrogens is 456 g/mol. The van der Waals surface area contributed by atoms with Crippen molar-refractivity contribution in [2.45, 2.75) is 12.8 Å². The second kappa shape index (κ2) is 11.3. The van der Waals surface area contributed by atoms with Gasteiger partial charge in [0, 0.05) is 16.8 Å². The van der Waals surface area contributed by atoms with Crippen molar-refractivity contribution in [2.24, 2.45) is 11.8 Å². The summed E-state index contributed by atoms with van der Waals surface area (Å²) in [7, 11) is 1.30. The molecule has 0 aromatic heterocycles. The molecule has 3 aromatic carbocycles. The molecule has 7 heteroatoms. The second-order valence-corrected chi connectivity index (χ2v) is 8.44. The van der Waals surface area contributed by atoms with Crippen molar-refractivity contribution in [2.75, 3.05) is 17.7 Å². The van der Waals surface area contributed by atoms with Crippen LogP contribution >= 0.6 is 0 Å². The first-order valence-corrected chi connectivity index (χ1v) is 11.6. The molecule has 4 rings (SSSR count). The number of benzene rings is 3. The van der Waals surface area contributed by atoms with Gasteiger partial charge in [-0.2, -0.15) is 0 Å². The van der Waals surface area contributed by atoms with Gasteiger partial charge < -0.3 is 15.4 Å². The fourth-order valence-electron chi connectivity index (χ4n) is 4.20. The van der Waals surface area contributed by atoms with E-state index in [2.05, 4.69) is 10.6 Å². The zero-order chi connectivity index (χ0) is 25.5. The predicted octanol–water partition coefficient (Wildman–Crippen LogP) is 4.86. The maximum atomic E-state index is 13.3. The van der Waals surface area contributed by atoms with E-state index in [1.165, 1.54) is 7.11 Å². The highest BCUT2D eigenvalue weighted by Crippen LogP contribution is 2.29. The fourth-order valence-corrected chi connectivity index (χ4v) is 4.20. The molecular formula is C29H26N2O5. The minimum Gasteiger partial charge on any atom is -0.465 e. The van der Waals surface area contributed by atoms with Gasteiger partial charge in [0.05, 0.1) is 30.2 Å². The highest BCUT2D eigenvalue weighted by molar-refractivity contribution is 6.14. The number of anilines is 2. The summed E-state index contributed by atoms with van der Waals surface area (Å²) >= 11 is 0. The van der Waals surface area contributed by atoms with Crippen LogP contribution in [0.25, 0.3) is 0 Å². The van der Waals surface area contributed by atoms with E-state index in [9.17, 15) is 19.2 Å². The Morgan fingerprint density at radius 3 is 1.92 bits per heavy atom. The fraction of sp³-hybridized carbons (Fsp3) is 0.172. The smallest absolute Gasteiger partial charge is 0.337 e. The SMILES string of the molecule is COC(=O)c1ccc(NC(=O)C2CC=CCC2C(=O)Nc2ccccc2C(=O)c2ccccc2)cc1. The summed E-state index contributed by atoms with van der Waals surface area (Å²) < 4.78 is 4.69. The molecule has 0 saturated carbocycles. The average Bonchev–Trinajstić information content (AvgIpc) is 2.93. The third kappa shape index (κ3) is 5.58. The highest BCUT2D eigenvalue weighted by Gasteiger charge is 2.34. The van der Waals surface area contributed by atoms with Gasteiger partial charge in [-0.1, -0.05) is 54.6 Å². The van der Waals surface area contributed by atoms with Crippen LogP contribution in [0.2, 0.25) is 0 Å². The van der Waals surface area contributed by atoms with Crippen LogP contribution in [0.5, 0.6) is 0 Å². The number of para-hydroxylation sites is 1. The van der Waals surface area contributed by atoms with E-state index in [4.69, 9.17) is 4.74 Å². The Balaban J connectivity index is 1.48. The van der Waals surface area contributed by atoms with Crippen LogP contribution in [0, 0.1) is 11.8 Å². The molecule has 2 unspecified atom stereocenters. The van der Waals surface area contributed by atoms with Crippen LogP contribution in [0.1, 0.15) is 39.1 Å². The lowest BCUT2D eigenvalue weighted by atomic mass is 9.81. The van der Waals surface area contributed by atoms with Gasteiger partial charge in [0.15, 0.2) is 5.78 Å². The van der Waals surface area contributed by atoms with Gasteiger partial charge in [-0.3, -0.25) is 14.4 Å². The largest absolute Gasteiger partial charge is 0.465 e. The standard InChI is InChI=1S/C29H26N2O5/c1-36-29(35)20-15-17-21(18-16-20)30-27(33)22-11-5-6-12-23(22)28(34)31-25-14-8-7-13-24(25)26(32)19-9-3-2-4-10-19/h2-10,13-18,22-23H,11-12H2,1H3,(H,30,33)(H,31,34). The lowest BCUT2D eigenvalue weighted by Gasteiger charge is -2.27. The lowest BCUT2D eigenvalue weighted by molar-refractivity contribution is -0.129. The van der Waals surface area contributed by atoms with Crippen molar-refractivity contribution < 1.29 is 23.9 Å². The van der Waals surface area contributed by atoms with E-state index in [0.29, 0.717) is 40.9 Å². The number of carbonyl (C=O) groups is 4. The Labute approximate surface area is 209 Å². The number of nitrogens with one attached hydrogen (secondary N) is 2. The van der Waals surface area contributed by atoms with E-state index < -0.39 is 17.8 Å². The summed E-state index contributed by atoms with van der Waals surface area (Å²) in [5.41, 5.74) is 2.20. The van der Waals surface area contributed by atoms with E-state index in [1.807, 2.05) is 18.2 Å². The van der Waals surface area contributed by atoms with Crippen LogP contribution < -0.4 is 10.6 Å². The van der Waals surface area contributed by atoms with Gasteiger partial charge >= 0.3 is 5.97 Å². The molecule has 2 amide bonds. The zero-order valence-electron chi connectivity index (χ0n) is 19.8. The molecule has 3 aromatic rings. The maximum Gasteiger partial charge on any atom is 0.337 e. The molecule has 1 aliphatic rings. The van der Waals surface area contributed by atoms with Gasteiger partial charge in [0.2, 0.25) is 11.8 Å². The molecule has 2 N–H and O–H groups in total. The number of amides is 2. The quantitative estimate of drug-likeness (QED) is 0.284. The Morgan fingerprint density at radius 1 is 0.694 bits per heavy atom. The second-order valence-electron chi connectivity index (χ2n) is 8.44. The first-order chi connectivity index (χ1) is 17.5. The summed E-state index contributed by atoms with van der Waals surface area (Å²) in [4.78, 5) is 51.1. The van der Waals surface area contributed by atoms with Crippen LogP contribution in [0.15, 0.2) is 91.0 Å². The molecule has 1 aliphatic carbocycles. The average molecular weight is 483 g/mol. The number of esters is 1. The van der Waals surface area contributed by atoms with E-state index in [-0.39, 0.29) is 17.6 Å².